The van der Waals surface area contributed by atoms with Crippen LogP contribution in [0, 0.1) is 0 Å². The second-order valence-corrected chi connectivity index (χ2v) is 5.53. The molecule has 0 fully saturated rings. The van der Waals surface area contributed by atoms with Crippen molar-refractivity contribution in [1.29, 1.82) is 0 Å². The Labute approximate surface area is 119 Å². The highest BCUT2D eigenvalue weighted by molar-refractivity contribution is 8.00. The number of benzene rings is 1. The minimum atomic E-state index is 0.873. The Morgan fingerprint density at radius 3 is 2.74 bits per heavy atom. The molecule has 0 aliphatic rings. The molecule has 0 atom stereocenters. The Balaban J connectivity index is 1.69. The second kappa shape index (κ2) is 5.86. The molecule has 5 heteroatoms. The third kappa shape index (κ3) is 3.13. The summed E-state index contributed by atoms with van der Waals surface area (Å²) in [5.41, 5.74) is 1.15. The average molecular weight is 285 g/mol. The Kier molecular flexibility index (Phi) is 3.76. The largest absolute Gasteiger partial charge is 0.309 e. The summed E-state index contributed by atoms with van der Waals surface area (Å²) in [6, 6.07) is 14.1. The molecular formula is C14H11N3S2. The van der Waals surface area contributed by atoms with E-state index in [1.54, 1.807) is 17.5 Å². The lowest BCUT2D eigenvalue weighted by molar-refractivity contribution is 1.24. The quantitative estimate of drug-likeness (QED) is 0.724. The van der Waals surface area contributed by atoms with Crippen LogP contribution in [-0.4, -0.2) is 9.97 Å². The zero-order chi connectivity index (χ0) is 12.9. The summed E-state index contributed by atoms with van der Waals surface area (Å²) in [6.45, 7) is 0. The number of pyridine rings is 1. The number of rotatable bonds is 4. The zero-order valence-electron chi connectivity index (χ0n) is 9.98. The average Bonchev–Trinajstić information content (AvgIpc) is 2.96. The molecule has 94 valence electrons. The van der Waals surface area contributed by atoms with Crippen molar-refractivity contribution in [3.05, 3.63) is 60.2 Å². The van der Waals surface area contributed by atoms with E-state index in [9.17, 15) is 0 Å². The van der Waals surface area contributed by atoms with Crippen LogP contribution in [-0.2, 0) is 0 Å². The van der Waals surface area contributed by atoms with Crippen molar-refractivity contribution in [3.63, 3.8) is 0 Å². The fraction of sp³-hybridized carbons (Fsp3) is 0. The topological polar surface area (TPSA) is 37.8 Å². The van der Waals surface area contributed by atoms with Gasteiger partial charge in [-0.05, 0) is 24.1 Å². The van der Waals surface area contributed by atoms with E-state index in [4.69, 9.17) is 0 Å². The van der Waals surface area contributed by atoms with Gasteiger partial charge in [0.1, 0.15) is 10.8 Å². The molecule has 0 saturated heterocycles. The van der Waals surface area contributed by atoms with Crippen molar-refractivity contribution in [2.75, 3.05) is 4.72 Å². The second-order valence-electron chi connectivity index (χ2n) is 3.80. The van der Waals surface area contributed by atoms with Crippen molar-refractivity contribution < 1.29 is 0 Å². The third-order valence-electron chi connectivity index (χ3n) is 2.43. The predicted molar refractivity (Wildman–Crippen MR) is 81.3 cm³/mol. The molecule has 2 heterocycles. The fourth-order valence-electron chi connectivity index (χ4n) is 1.55. The van der Waals surface area contributed by atoms with Gasteiger partial charge in [-0.25, -0.2) is 4.98 Å². The molecule has 19 heavy (non-hydrogen) atoms. The van der Waals surface area contributed by atoms with E-state index in [2.05, 4.69) is 26.8 Å². The van der Waals surface area contributed by atoms with Gasteiger partial charge in [-0.2, -0.15) is 0 Å². The minimum absolute atomic E-state index is 0.873. The first-order valence-electron chi connectivity index (χ1n) is 5.76. The molecule has 0 aliphatic carbocycles. The molecule has 3 aromatic rings. The van der Waals surface area contributed by atoms with Gasteiger partial charge in [-0.15, -0.1) is 11.3 Å². The van der Waals surface area contributed by atoms with Crippen molar-refractivity contribution in [3.8, 4) is 10.6 Å². The van der Waals surface area contributed by atoms with Crippen molar-refractivity contribution in [2.45, 2.75) is 4.90 Å². The molecule has 0 spiro atoms. The first-order chi connectivity index (χ1) is 9.42. The molecule has 3 rings (SSSR count). The van der Waals surface area contributed by atoms with Crippen LogP contribution < -0.4 is 4.72 Å². The summed E-state index contributed by atoms with van der Waals surface area (Å²) < 4.78 is 3.23. The van der Waals surface area contributed by atoms with Gasteiger partial charge in [-0.3, -0.25) is 4.98 Å². The number of thiazole rings is 1. The van der Waals surface area contributed by atoms with Gasteiger partial charge < -0.3 is 4.72 Å². The SMILES string of the molecule is c1ccc(-c2nc(NSc3cccnc3)cs2)cc1. The third-order valence-corrected chi connectivity index (χ3v) is 4.11. The minimum Gasteiger partial charge on any atom is -0.309 e. The number of hydrogen-bond acceptors (Lipinski definition) is 5. The molecule has 0 radical (unpaired) electrons. The smallest absolute Gasteiger partial charge is 0.147 e. The summed E-state index contributed by atoms with van der Waals surface area (Å²) in [7, 11) is 0. The highest BCUT2D eigenvalue weighted by Gasteiger charge is 2.04. The lowest BCUT2D eigenvalue weighted by Crippen LogP contribution is -1.87. The lowest BCUT2D eigenvalue weighted by atomic mass is 10.2. The molecule has 0 aliphatic heterocycles. The first kappa shape index (κ1) is 12.2. The van der Waals surface area contributed by atoms with E-state index in [0.29, 0.717) is 0 Å². The Bertz CT molecular complexity index is 638. The van der Waals surface area contributed by atoms with Crippen LogP contribution in [0.15, 0.2) is 65.1 Å². The van der Waals surface area contributed by atoms with Crippen molar-refractivity contribution in [1.82, 2.24) is 9.97 Å². The summed E-state index contributed by atoms with van der Waals surface area (Å²) in [5.74, 6) is 0.873. The summed E-state index contributed by atoms with van der Waals surface area (Å²) in [5, 5.41) is 3.04. The van der Waals surface area contributed by atoms with E-state index in [-0.39, 0.29) is 0 Å². The monoisotopic (exact) mass is 285 g/mol. The molecule has 0 bridgehead atoms. The van der Waals surface area contributed by atoms with Gasteiger partial charge in [0.15, 0.2) is 0 Å². The Morgan fingerprint density at radius 1 is 1.05 bits per heavy atom. The number of anilines is 1. The van der Waals surface area contributed by atoms with Crippen LogP contribution in [0.3, 0.4) is 0 Å². The fourth-order valence-corrected chi connectivity index (χ4v) is 2.97. The van der Waals surface area contributed by atoms with Crippen molar-refractivity contribution in [2.24, 2.45) is 0 Å². The van der Waals surface area contributed by atoms with Gasteiger partial charge in [0.25, 0.3) is 0 Å². The standard InChI is InChI=1S/C14H11N3S2/c1-2-5-11(6-3-1)14-16-13(10-18-14)17-19-12-7-4-8-15-9-12/h1-10,17H. The normalized spacial score (nSPS) is 10.3. The van der Waals surface area contributed by atoms with E-state index < -0.39 is 0 Å². The molecular weight excluding hydrogens is 274 g/mol. The first-order valence-corrected chi connectivity index (χ1v) is 7.45. The van der Waals surface area contributed by atoms with E-state index in [0.717, 1.165) is 21.3 Å². The summed E-state index contributed by atoms with van der Waals surface area (Å²) in [4.78, 5) is 9.70. The van der Waals surface area contributed by atoms with Crippen LogP contribution in [0.25, 0.3) is 10.6 Å². The molecule has 1 N–H and O–H groups in total. The van der Waals surface area contributed by atoms with E-state index in [1.165, 1.54) is 11.9 Å². The molecule has 1 aromatic carbocycles. The van der Waals surface area contributed by atoms with Gasteiger partial charge in [0.05, 0.1) is 0 Å². The van der Waals surface area contributed by atoms with E-state index >= 15 is 0 Å². The highest BCUT2D eigenvalue weighted by atomic mass is 32.2. The Morgan fingerprint density at radius 2 is 1.95 bits per heavy atom. The predicted octanol–water partition coefficient (Wildman–Crippen LogP) is 4.32. The van der Waals surface area contributed by atoms with Crippen molar-refractivity contribution >= 4 is 29.1 Å². The highest BCUT2D eigenvalue weighted by Crippen LogP contribution is 2.27. The Hall–Kier alpha value is -1.85. The van der Waals surface area contributed by atoms with Crippen LogP contribution >= 0.6 is 23.3 Å². The number of nitrogens with one attached hydrogen (secondary N) is 1. The number of aromatic nitrogens is 2. The van der Waals surface area contributed by atoms with Crippen LogP contribution in [0.1, 0.15) is 0 Å². The van der Waals surface area contributed by atoms with Gasteiger partial charge in [0.2, 0.25) is 0 Å². The van der Waals surface area contributed by atoms with Gasteiger partial charge >= 0.3 is 0 Å². The van der Waals surface area contributed by atoms with Gasteiger partial charge in [0, 0.05) is 28.2 Å². The number of nitrogens with zero attached hydrogens (tertiary/aromatic N) is 2. The van der Waals surface area contributed by atoms with E-state index in [1.807, 2.05) is 41.9 Å². The van der Waals surface area contributed by atoms with Gasteiger partial charge in [-0.1, -0.05) is 30.3 Å². The maximum Gasteiger partial charge on any atom is 0.147 e. The molecule has 3 nitrogen and oxygen atoms in total. The lowest BCUT2D eigenvalue weighted by Gasteiger charge is -2.00. The zero-order valence-corrected chi connectivity index (χ0v) is 11.6. The molecule has 0 amide bonds. The molecule has 2 aromatic heterocycles. The maximum atomic E-state index is 4.56. The summed E-state index contributed by atoms with van der Waals surface area (Å²) in [6.07, 6.45) is 3.59. The summed E-state index contributed by atoms with van der Waals surface area (Å²) >= 11 is 3.15. The van der Waals surface area contributed by atoms with Crippen LogP contribution in [0.4, 0.5) is 5.82 Å². The molecule has 0 unspecified atom stereocenters. The maximum absolute atomic E-state index is 4.56. The van der Waals surface area contributed by atoms with Crippen LogP contribution in [0.2, 0.25) is 0 Å². The number of hydrogen-bond donors (Lipinski definition) is 1. The van der Waals surface area contributed by atoms with Crippen LogP contribution in [0.5, 0.6) is 0 Å². The molecule has 0 saturated carbocycles.